The molecule has 1 atom stereocenters. The number of aryl methyl sites for hydroxylation is 1. The van der Waals surface area contributed by atoms with Crippen LogP contribution in [0.3, 0.4) is 0 Å². The van der Waals surface area contributed by atoms with Crippen LogP contribution in [0.5, 0.6) is 5.75 Å². The van der Waals surface area contributed by atoms with Crippen molar-refractivity contribution < 1.29 is 9.53 Å². The number of amides is 1. The Hall–Kier alpha value is -1.07. The lowest BCUT2D eigenvalue weighted by Gasteiger charge is -2.17. The standard InChI is InChI=1S/C16H21NO2S2/c1-10(2)9-17-15(18)14(21-16(17)20)8-12-5-6-13(19-4)11(3)7-12/h5-7,10,14H,8-9H2,1-4H3/t14-/m0/s1. The van der Waals surface area contributed by atoms with Crippen LogP contribution in [-0.2, 0) is 11.2 Å². The summed E-state index contributed by atoms with van der Waals surface area (Å²) in [5.74, 6) is 1.45. The van der Waals surface area contributed by atoms with Gasteiger partial charge in [0.15, 0.2) is 0 Å². The van der Waals surface area contributed by atoms with Crippen LogP contribution in [0.15, 0.2) is 18.2 Å². The highest BCUT2D eigenvalue weighted by Crippen LogP contribution is 2.31. The van der Waals surface area contributed by atoms with Crippen LogP contribution >= 0.6 is 24.0 Å². The van der Waals surface area contributed by atoms with Gasteiger partial charge in [0, 0.05) is 6.54 Å². The minimum atomic E-state index is -0.0935. The van der Waals surface area contributed by atoms with Crippen molar-refractivity contribution in [3.8, 4) is 5.75 Å². The smallest absolute Gasteiger partial charge is 0.241 e. The first-order valence-electron chi connectivity index (χ1n) is 7.08. The number of rotatable bonds is 5. The molecule has 1 saturated heterocycles. The van der Waals surface area contributed by atoms with Crippen LogP contribution in [0, 0.1) is 12.8 Å². The number of carbonyl (C=O) groups is 1. The van der Waals surface area contributed by atoms with Crippen molar-refractivity contribution in [2.75, 3.05) is 13.7 Å². The number of thiocarbonyl (C=S) groups is 1. The quantitative estimate of drug-likeness (QED) is 0.777. The van der Waals surface area contributed by atoms with Crippen molar-refractivity contribution in [3.63, 3.8) is 0 Å². The fourth-order valence-electron chi connectivity index (χ4n) is 2.44. The van der Waals surface area contributed by atoms with E-state index in [1.165, 1.54) is 11.8 Å². The van der Waals surface area contributed by atoms with Crippen LogP contribution < -0.4 is 4.74 Å². The van der Waals surface area contributed by atoms with Gasteiger partial charge in [-0.25, -0.2) is 0 Å². The first kappa shape index (κ1) is 16.3. The largest absolute Gasteiger partial charge is 0.496 e. The fourth-order valence-corrected chi connectivity index (χ4v) is 3.99. The third-order valence-corrected chi connectivity index (χ3v) is 5.02. The molecule has 114 valence electrons. The van der Waals surface area contributed by atoms with Crippen LogP contribution in [0.4, 0.5) is 0 Å². The summed E-state index contributed by atoms with van der Waals surface area (Å²) in [6.07, 6.45) is 0.711. The van der Waals surface area contributed by atoms with E-state index in [0.717, 1.165) is 16.9 Å². The van der Waals surface area contributed by atoms with Crippen molar-refractivity contribution in [3.05, 3.63) is 29.3 Å². The molecule has 1 amide bonds. The van der Waals surface area contributed by atoms with Gasteiger partial charge in [0.25, 0.3) is 0 Å². The topological polar surface area (TPSA) is 29.5 Å². The summed E-state index contributed by atoms with van der Waals surface area (Å²) in [7, 11) is 1.67. The van der Waals surface area contributed by atoms with E-state index in [-0.39, 0.29) is 11.2 Å². The van der Waals surface area contributed by atoms with E-state index in [2.05, 4.69) is 19.9 Å². The number of nitrogens with zero attached hydrogens (tertiary/aromatic N) is 1. The predicted octanol–water partition coefficient (Wildman–Crippen LogP) is 3.43. The molecule has 0 N–H and O–H groups in total. The number of hydrogen-bond acceptors (Lipinski definition) is 4. The second kappa shape index (κ2) is 6.79. The number of hydrogen-bond donors (Lipinski definition) is 0. The lowest BCUT2D eigenvalue weighted by molar-refractivity contribution is -0.126. The Morgan fingerprint density at radius 1 is 1.43 bits per heavy atom. The molecule has 1 aliphatic rings. The Morgan fingerprint density at radius 3 is 2.71 bits per heavy atom. The summed E-state index contributed by atoms with van der Waals surface area (Å²) in [4.78, 5) is 14.2. The summed E-state index contributed by atoms with van der Waals surface area (Å²) in [6, 6.07) is 6.06. The van der Waals surface area contributed by atoms with Crippen molar-refractivity contribution in [1.82, 2.24) is 4.90 Å². The first-order valence-corrected chi connectivity index (χ1v) is 8.36. The van der Waals surface area contributed by atoms with E-state index in [4.69, 9.17) is 17.0 Å². The van der Waals surface area contributed by atoms with Gasteiger partial charge < -0.3 is 4.74 Å². The van der Waals surface area contributed by atoms with Crippen LogP contribution in [-0.4, -0.2) is 34.0 Å². The molecular weight excluding hydrogens is 302 g/mol. The molecule has 1 heterocycles. The van der Waals surface area contributed by atoms with Crippen molar-refractivity contribution in [2.24, 2.45) is 5.92 Å². The Balaban J connectivity index is 2.08. The molecule has 3 nitrogen and oxygen atoms in total. The summed E-state index contributed by atoms with van der Waals surface area (Å²) in [5, 5.41) is -0.0935. The number of carbonyl (C=O) groups excluding carboxylic acids is 1. The Kier molecular flexibility index (Phi) is 5.27. The molecule has 0 aromatic heterocycles. The summed E-state index contributed by atoms with van der Waals surface area (Å²) >= 11 is 6.85. The zero-order valence-electron chi connectivity index (χ0n) is 12.9. The summed E-state index contributed by atoms with van der Waals surface area (Å²) < 4.78 is 5.98. The van der Waals surface area contributed by atoms with E-state index in [1.807, 2.05) is 19.1 Å². The molecule has 1 aliphatic heterocycles. The Labute approximate surface area is 136 Å². The molecule has 0 bridgehead atoms. The third-order valence-electron chi connectivity index (χ3n) is 3.43. The number of thioether (sulfide) groups is 1. The van der Waals surface area contributed by atoms with E-state index < -0.39 is 0 Å². The highest BCUT2D eigenvalue weighted by atomic mass is 32.2. The molecule has 21 heavy (non-hydrogen) atoms. The lowest BCUT2D eigenvalue weighted by atomic mass is 10.1. The molecule has 0 aliphatic carbocycles. The van der Waals surface area contributed by atoms with Gasteiger partial charge in [-0.1, -0.05) is 50.0 Å². The maximum atomic E-state index is 12.5. The zero-order chi connectivity index (χ0) is 15.6. The number of benzene rings is 1. The highest BCUT2D eigenvalue weighted by molar-refractivity contribution is 8.24. The average molecular weight is 323 g/mol. The van der Waals surface area contributed by atoms with Crippen molar-refractivity contribution in [1.29, 1.82) is 0 Å². The Morgan fingerprint density at radius 2 is 2.14 bits per heavy atom. The average Bonchev–Trinajstić information content (AvgIpc) is 2.66. The lowest BCUT2D eigenvalue weighted by Crippen LogP contribution is -2.34. The number of ether oxygens (including phenoxy) is 1. The van der Waals surface area contributed by atoms with Crippen LogP contribution in [0.1, 0.15) is 25.0 Å². The predicted molar refractivity (Wildman–Crippen MR) is 92.0 cm³/mol. The van der Waals surface area contributed by atoms with Crippen LogP contribution in [0.2, 0.25) is 0 Å². The van der Waals surface area contributed by atoms with Crippen LogP contribution in [0.25, 0.3) is 0 Å². The maximum Gasteiger partial charge on any atom is 0.241 e. The highest BCUT2D eigenvalue weighted by Gasteiger charge is 2.36. The van der Waals surface area contributed by atoms with E-state index >= 15 is 0 Å². The number of methoxy groups -OCH3 is 1. The second-order valence-electron chi connectivity index (χ2n) is 5.72. The van der Waals surface area contributed by atoms with Gasteiger partial charge in [-0.2, -0.15) is 0 Å². The second-order valence-corrected chi connectivity index (χ2v) is 7.56. The molecule has 1 aromatic carbocycles. The van der Waals surface area contributed by atoms with E-state index in [9.17, 15) is 4.79 Å². The SMILES string of the molecule is COc1ccc(C[C@@H]2SC(=S)N(CC(C)C)C2=O)cc1C. The molecule has 0 saturated carbocycles. The molecular formula is C16H21NO2S2. The Bertz CT molecular complexity index is 557. The fraction of sp³-hybridized carbons (Fsp3) is 0.500. The monoisotopic (exact) mass is 323 g/mol. The van der Waals surface area contributed by atoms with Crippen molar-refractivity contribution in [2.45, 2.75) is 32.4 Å². The van der Waals surface area contributed by atoms with Gasteiger partial charge >= 0.3 is 0 Å². The third kappa shape index (κ3) is 3.77. The zero-order valence-corrected chi connectivity index (χ0v) is 14.5. The minimum absolute atomic E-state index is 0.0935. The minimum Gasteiger partial charge on any atom is -0.496 e. The van der Waals surface area contributed by atoms with Gasteiger partial charge in [-0.15, -0.1) is 0 Å². The summed E-state index contributed by atoms with van der Waals surface area (Å²) in [5.41, 5.74) is 2.24. The molecule has 0 unspecified atom stereocenters. The van der Waals surface area contributed by atoms with E-state index in [1.54, 1.807) is 12.0 Å². The normalized spacial score (nSPS) is 18.7. The maximum absolute atomic E-state index is 12.5. The van der Waals surface area contributed by atoms with Gasteiger partial charge in [0.05, 0.1) is 12.4 Å². The first-order chi connectivity index (χ1) is 9.92. The molecule has 0 spiro atoms. The van der Waals surface area contributed by atoms with Gasteiger partial charge in [0.2, 0.25) is 5.91 Å². The van der Waals surface area contributed by atoms with Gasteiger partial charge in [-0.3, -0.25) is 9.69 Å². The van der Waals surface area contributed by atoms with Gasteiger partial charge in [0.1, 0.15) is 10.1 Å². The van der Waals surface area contributed by atoms with Gasteiger partial charge in [-0.05, 0) is 36.5 Å². The molecule has 1 aromatic rings. The summed E-state index contributed by atoms with van der Waals surface area (Å²) in [6.45, 7) is 6.92. The molecule has 2 rings (SSSR count). The van der Waals surface area contributed by atoms with E-state index in [0.29, 0.717) is 23.2 Å². The molecule has 0 radical (unpaired) electrons. The molecule has 1 fully saturated rings. The van der Waals surface area contributed by atoms with Crippen molar-refractivity contribution >= 4 is 34.2 Å². The molecule has 5 heteroatoms.